The summed E-state index contributed by atoms with van der Waals surface area (Å²) >= 11 is 7.81. The Morgan fingerprint density at radius 3 is 3.11 bits per heavy atom. The zero-order valence-corrected chi connectivity index (χ0v) is 12.0. The first-order chi connectivity index (χ1) is 8.70. The van der Waals surface area contributed by atoms with Crippen LogP contribution in [0.1, 0.15) is 20.3 Å². The quantitative estimate of drug-likeness (QED) is 0.631. The molecule has 18 heavy (non-hydrogen) atoms. The first-order valence-electron chi connectivity index (χ1n) is 5.91. The molecule has 0 aliphatic heterocycles. The van der Waals surface area contributed by atoms with Gasteiger partial charge in [-0.1, -0.05) is 6.92 Å². The number of rotatable bonds is 6. The van der Waals surface area contributed by atoms with Crippen molar-refractivity contribution in [1.82, 2.24) is 20.2 Å². The number of thioether (sulfide) groups is 1. The van der Waals surface area contributed by atoms with Gasteiger partial charge in [0.15, 0.2) is 5.65 Å². The molecule has 1 unspecified atom stereocenters. The Morgan fingerprint density at radius 1 is 1.50 bits per heavy atom. The summed E-state index contributed by atoms with van der Waals surface area (Å²) in [5.41, 5.74) is 0.660. The molecule has 0 aliphatic rings. The summed E-state index contributed by atoms with van der Waals surface area (Å²) in [5.74, 6) is 3.03. The topological polar surface area (TPSA) is 66.5 Å². The van der Waals surface area contributed by atoms with E-state index in [1.54, 1.807) is 6.20 Å². The van der Waals surface area contributed by atoms with E-state index in [4.69, 9.17) is 11.6 Å². The van der Waals surface area contributed by atoms with Crippen LogP contribution in [0.3, 0.4) is 0 Å². The highest BCUT2D eigenvalue weighted by molar-refractivity contribution is 7.99. The van der Waals surface area contributed by atoms with Crippen molar-refractivity contribution in [3.05, 3.63) is 11.5 Å². The van der Waals surface area contributed by atoms with Gasteiger partial charge in [0.1, 0.15) is 5.82 Å². The van der Waals surface area contributed by atoms with Crippen molar-refractivity contribution < 1.29 is 0 Å². The van der Waals surface area contributed by atoms with E-state index in [9.17, 15) is 0 Å². The molecule has 7 heteroatoms. The van der Waals surface area contributed by atoms with Gasteiger partial charge >= 0.3 is 0 Å². The second-order valence-corrected chi connectivity index (χ2v) is 5.74. The normalized spacial score (nSPS) is 12.8. The van der Waals surface area contributed by atoms with Crippen molar-refractivity contribution in [2.75, 3.05) is 16.8 Å². The molecule has 0 aromatic carbocycles. The SMILES string of the molecule is CCSCCC(C)Nc1nc(Cl)nc2[nH]ncc12. The van der Waals surface area contributed by atoms with Gasteiger partial charge in [-0.2, -0.15) is 26.8 Å². The Hall–Kier alpha value is -1.01. The van der Waals surface area contributed by atoms with Gasteiger partial charge in [0.05, 0.1) is 11.6 Å². The van der Waals surface area contributed by atoms with E-state index >= 15 is 0 Å². The molecular formula is C11H16ClN5S. The van der Waals surface area contributed by atoms with E-state index in [1.807, 2.05) is 11.8 Å². The fraction of sp³-hybridized carbons (Fsp3) is 0.545. The fourth-order valence-corrected chi connectivity index (χ4v) is 2.61. The molecule has 0 aliphatic carbocycles. The van der Waals surface area contributed by atoms with Gasteiger partial charge in [0.2, 0.25) is 5.28 Å². The summed E-state index contributed by atoms with van der Waals surface area (Å²) in [6.45, 7) is 4.31. The molecule has 0 saturated heterocycles. The summed E-state index contributed by atoms with van der Waals surface area (Å²) in [6, 6.07) is 0.341. The molecule has 2 aromatic heterocycles. The van der Waals surface area contributed by atoms with Crippen LogP contribution in [0.5, 0.6) is 0 Å². The van der Waals surface area contributed by atoms with Crippen molar-refractivity contribution in [3.63, 3.8) is 0 Å². The maximum atomic E-state index is 5.88. The second-order valence-electron chi connectivity index (χ2n) is 4.00. The maximum Gasteiger partial charge on any atom is 0.226 e. The molecule has 5 nitrogen and oxygen atoms in total. The third kappa shape index (κ3) is 3.26. The summed E-state index contributed by atoms with van der Waals surface area (Å²) in [5, 5.41) is 11.2. The first-order valence-corrected chi connectivity index (χ1v) is 7.45. The van der Waals surface area contributed by atoms with Crippen LogP contribution in [-0.4, -0.2) is 37.7 Å². The minimum atomic E-state index is 0.226. The van der Waals surface area contributed by atoms with E-state index in [0.717, 1.165) is 29.1 Å². The Labute approximate surface area is 115 Å². The minimum Gasteiger partial charge on any atom is -0.367 e. The molecular weight excluding hydrogens is 270 g/mol. The monoisotopic (exact) mass is 285 g/mol. The van der Waals surface area contributed by atoms with Gasteiger partial charge in [-0.25, -0.2) is 0 Å². The highest BCUT2D eigenvalue weighted by Crippen LogP contribution is 2.21. The number of hydrogen-bond acceptors (Lipinski definition) is 5. The van der Waals surface area contributed by atoms with Crippen LogP contribution in [0.2, 0.25) is 5.28 Å². The predicted molar refractivity (Wildman–Crippen MR) is 77.4 cm³/mol. The molecule has 0 amide bonds. The zero-order valence-electron chi connectivity index (χ0n) is 10.4. The summed E-state index contributed by atoms with van der Waals surface area (Å²) in [6.07, 6.45) is 2.79. The molecule has 2 aromatic rings. The number of H-pyrrole nitrogens is 1. The number of aromatic amines is 1. The zero-order chi connectivity index (χ0) is 13.0. The highest BCUT2D eigenvalue weighted by Gasteiger charge is 2.10. The average molecular weight is 286 g/mol. The van der Waals surface area contributed by atoms with Crippen molar-refractivity contribution in [1.29, 1.82) is 0 Å². The molecule has 0 radical (unpaired) electrons. The molecule has 0 saturated carbocycles. The van der Waals surface area contributed by atoms with Crippen LogP contribution in [0.4, 0.5) is 5.82 Å². The van der Waals surface area contributed by atoms with Crippen molar-refractivity contribution in [2.24, 2.45) is 0 Å². The summed E-state index contributed by atoms with van der Waals surface area (Å²) in [7, 11) is 0. The highest BCUT2D eigenvalue weighted by atomic mass is 35.5. The molecule has 0 fully saturated rings. The Balaban J connectivity index is 2.08. The molecule has 0 bridgehead atoms. The van der Waals surface area contributed by atoms with Crippen LogP contribution < -0.4 is 5.32 Å². The number of nitrogens with zero attached hydrogens (tertiary/aromatic N) is 3. The van der Waals surface area contributed by atoms with Crippen LogP contribution >= 0.6 is 23.4 Å². The number of hydrogen-bond donors (Lipinski definition) is 2. The maximum absolute atomic E-state index is 5.88. The summed E-state index contributed by atoms with van der Waals surface area (Å²) < 4.78 is 0. The minimum absolute atomic E-state index is 0.226. The number of fused-ring (bicyclic) bond motifs is 1. The average Bonchev–Trinajstić information content (AvgIpc) is 2.77. The lowest BCUT2D eigenvalue weighted by Crippen LogP contribution is -2.17. The number of aromatic nitrogens is 4. The lowest BCUT2D eigenvalue weighted by molar-refractivity contribution is 0.767. The molecule has 2 rings (SSSR count). The summed E-state index contributed by atoms with van der Waals surface area (Å²) in [4.78, 5) is 8.29. The van der Waals surface area contributed by atoms with Crippen molar-refractivity contribution >= 4 is 40.2 Å². The van der Waals surface area contributed by atoms with E-state index in [0.29, 0.717) is 11.7 Å². The van der Waals surface area contributed by atoms with E-state index in [-0.39, 0.29) is 5.28 Å². The number of anilines is 1. The molecule has 0 spiro atoms. The third-order valence-electron chi connectivity index (χ3n) is 2.56. The third-order valence-corrected chi connectivity index (χ3v) is 3.67. The molecule has 2 heterocycles. The van der Waals surface area contributed by atoms with Crippen LogP contribution in [-0.2, 0) is 0 Å². The molecule has 98 valence electrons. The van der Waals surface area contributed by atoms with E-state index in [2.05, 4.69) is 39.3 Å². The second kappa shape index (κ2) is 6.24. The van der Waals surface area contributed by atoms with Gasteiger partial charge in [0, 0.05) is 6.04 Å². The lowest BCUT2D eigenvalue weighted by atomic mass is 10.2. The van der Waals surface area contributed by atoms with E-state index in [1.165, 1.54) is 0 Å². The number of nitrogens with one attached hydrogen (secondary N) is 2. The largest absolute Gasteiger partial charge is 0.367 e. The van der Waals surface area contributed by atoms with Gasteiger partial charge in [-0.3, -0.25) is 5.10 Å². The number of halogens is 1. The van der Waals surface area contributed by atoms with Crippen LogP contribution in [0.15, 0.2) is 6.20 Å². The van der Waals surface area contributed by atoms with Gasteiger partial charge in [-0.05, 0) is 36.5 Å². The molecule has 1 atom stereocenters. The van der Waals surface area contributed by atoms with Gasteiger partial charge < -0.3 is 5.32 Å². The molecule has 2 N–H and O–H groups in total. The van der Waals surface area contributed by atoms with Crippen LogP contribution in [0.25, 0.3) is 11.0 Å². The van der Waals surface area contributed by atoms with Crippen molar-refractivity contribution in [3.8, 4) is 0 Å². The first kappa shape index (κ1) is 13.4. The predicted octanol–water partition coefficient (Wildman–Crippen LogP) is 2.95. The standard InChI is InChI=1S/C11H16ClN5S/c1-3-18-5-4-7(2)14-9-8-6-13-17-10(8)16-11(12)15-9/h6-7H,3-5H2,1-2H3,(H2,13,14,15,16,17). The van der Waals surface area contributed by atoms with Crippen molar-refractivity contribution in [2.45, 2.75) is 26.3 Å². The van der Waals surface area contributed by atoms with Gasteiger partial charge in [-0.15, -0.1) is 0 Å². The van der Waals surface area contributed by atoms with Crippen LogP contribution in [0, 0.1) is 0 Å². The Bertz CT molecular complexity index is 515. The fourth-order valence-electron chi connectivity index (χ4n) is 1.63. The van der Waals surface area contributed by atoms with E-state index < -0.39 is 0 Å². The Kier molecular flexibility index (Phi) is 4.66. The Morgan fingerprint density at radius 2 is 2.33 bits per heavy atom. The smallest absolute Gasteiger partial charge is 0.226 e. The lowest BCUT2D eigenvalue weighted by Gasteiger charge is -2.14. The van der Waals surface area contributed by atoms with Gasteiger partial charge in [0.25, 0.3) is 0 Å².